The maximum atomic E-state index is 13.2. The molecule has 1 aliphatic heterocycles. The molecule has 7 heteroatoms. The molecule has 1 aliphatic carbocycles. The van der Waals surface area contributed by atoms with Crippen molar-refractivity contribution in [2.45, 2.75) is 18.8 Å². The summed E-state index contributed by atoms with van der Waals surface area (Å²) in [5, 5.41) is 3.50. The molecule has 2 fully saturated rings. The van der Waals surface area contributed by atoms with E-state index in [9.17, 15) is 9.59 Å². The molecule has 2 atom stereocenters. The SMILES string of the molecule is COc1ccc([C@H]2CN(C(=O)c3ccccc3Cl)C[C@@H]2C(=O)NCC2CC2)c(OC)c1. The van der Waals surface area contributed by atoms with Gasteiger partial charge in [0, 0.05) is 37.2 Å². The summed E-state index contributed by atoms with van der Waals surface area (Å²) in [6, 6.07) is 12.6. The van der Waals surface area contributed by atoms with Gasteiger partial charge in [-0.1, -0.05) is 29.8 Å². The number of benzene rings is 2. The highest BCUT2D eigenvalue weighted by Gasteiger charge is 2.42. The van der Waals surface area contributed by atoms with Gasteiger partial charge in [0.15, 0.2) is 0 Å². The third-order valence-corrected chi connectivity index (χ3v) is 6.48. The molecule has 0 aromatic heterocycles. The number of nitrogens with one attached hydrogen (secondary N) is 1. The number of nitrogens with zero attached hydrogens (tertiary/aromatic N) is 1. The molecule has 164 valence electrons. The molecule has 2 amide bonds. The third-order valence-electron chi connectivity index (χ3n) is 6.15. The van der Waals surface area contributed by atoms with E-state index in [-0.39, 0.29) is 23.7 Å². The van der Waals surface area contributed by atoms with Gasteiger partial charge in [-0.3, -0.25) is 9.59 Å². The van der Waals surface area contributed by atoms with Gasteiger partial charge in [-0.05, 0) is 37.0 Å². The lowest BCUT2D eigenvalue weighted by molar-refractivity contribution is -0.125. The zero-order valence-corrected chi connectivity index (χ0v) is 18.5. The first-order valence-corrected chi connectivity index (χ1v) is 10.9. The van der Waals surface area contributed by atoms with Crippen molar-refractivity contribution in [3.63, 3.8) is 0 Å². The first-order chi connectivity index (χ1) is 15.0. The van der Waals surface area contributed by atoms with Crippen LogP contribution >= 0.6 is 11.6 Å². The molecule has 0 unspecified atom stereocenters. The molecule has 2 aromatic carbocycles. The van der Waals surface area contributed by atoms with Crippen LogP contribution in [0.25, 0.3) is 0 Å². The first kappa shape index (κ1) is 21.5. The Kier molecular flexibility index (Phi) is 6.37. The van der Waals surface area contributed by atoms with E-state index in [0.717, 1.165) is 18.4 Å². The Balaban J connectivity index is 1.62. The number of methoxy groups -OCH3 is 2. The smallest absolute Gasteiger partial charge is 0.255 e. The molecule has 1 heterocycles. The van der Waals surface area contributed by atoms with Crippen molar-refractivity contribution >= 4 is 23.4 Å². The minimum Gasteiger partial charge on any atom is -0.497 e. The van der Waals surface area contributed by atoms with E-state index >= 15 is 0 Å². The van der Waals surface area contributed by atoms with Crippen molar-refractivity contribution in [1.29, 1.82) is 0 Å². The number of amides is 2. The van der Waals surface area contributed by atoms with E-state index < -0.39 is 0 Å². The number of carbonyl (C=O) groups excluding carboxylic acids is 2. The molecule has 1 saturated carbocycles. The van der Waals surface area contributed by atoms with Crippen LogP contribution in [0.5, 0.6) is 11.5 Å². The van der Waals surface area contributed by atoms with Gasteiger partial charge >= 0.3 is 0 Å². The van der Waals surface area contributed by atoms with Gasteiger partial charge in [-0.25, -0.2) is 0 Å². The predicted octanol–water partition coefficient (Wildman–Crippen LogP) is 3.74. The normalized spacial score (nSPS) is 20.4. The molecule has 0 radical (unpaired) electrons. The van der Waals surface area contributed by atoms with E-state index in [2.05, 4.69) is 5.32 Å². The van der Waals surface area contributed by atoms with Crippen molar-refractivity contribution in [2.24, 2.45) is 11.8 Å². The van der Waals surface area contributed by atoms with Gasteiger partial charge in [0.2, 0.25) is 5.91 Å². The van der Waals surface area contributed by atoms with Gasteiger partial charge in [-0.15, -0.1) is 0 Å². The molecule has 0 spiro atoms. The van der Waals surface area contributed by atoms with Crippen molar-refractivity contribution < 1.29 is 19.1 Å². The molecule has 4 rings (SSSR count). The Bertz CT molecular complexity index is 976. The highest BCUT2D eigenvalue weighted by molar-refractivity contribution is 6.33. The van der Waals surface area contributed by atoms with Crippen LogP contribution in [0.1, 0.15) is 34.7 Å². The van der Waals surface area contributed by atoms with Gasteiger partial charge in [0.25, 0.3) is 5.91 Å². The Hall–Kier alpha value is -2.73. The van der Waals surface area contributed by atoms with E-state index in [4.69, 9.17) is 21.1 Å². The quantitative estimate of drug-likeness (QED) is 0.709. The second kappa shape index (κ2) is 9.18. The van der Waals surface area contributed by atoms with Crippen LogP contribution in [0, 0.1) is 11.8 Å². The average molecular weight is 443 g/mol. The van der Waals surface area contributed by atoms with Crippen LogP contribution in [0.15, 0.2) is 42.5 Å². The number of likely N-dealkylation sites (tertiary alicyclic amines) is 1. The molecular weight excluding hydrogens is 416 g/mol. The maximum Gasteiger partial charge on any atom is 0.255 e. The third kappa shape index (κ3) is 4.64. The molecule has 2 aromatic rings. The summed E-state index contributed by atoms with van der Waals surface area (Å²) in [5.41, 5.74) is 1.34. The minimum atomic E-state index is -0.368. The summed E-state index contributed by atoms with van der Waals surface area (Å²) < 4.78 is 10.9. The number of hydrogen-bond acceptors (Lipinski definition) is 4. The van der Waals surface area contributed by atoms with Crippen LogP contribution in [-0.4, -0.2) is 50.6 Å². The fourth-order valence-corrected chi connectivity index (χ4v) is 4.39. The second-order valence-electron chi connectivity index (χ2n) is 8.20. The first-order valence-electron chi connectivity index (χ1n) is 10.5. The summed E-state index contributed by atoms with van der Waals surface area (Å²) in [6.45, 7) is 1.44. The number of carbonyl (C=O) groups is 2. The van der Waals surface area contributed by atoms with Crippen LogP contribution in [-0.2, 0) is 4.79 Å². The summed E-state index contributed by atoms with van der Waals surface area (Å²) in [7, 11) is 3.20. The van der Waals surface area contributed by atoms with E-state index in [1.165, 1.54) is 0 Å². The highest BCUT2D eigenvalue weighted by atomic mass is 35.5. The van der Waals surface area contributed by atoms with E-state index in [1.807, 2.05) is 18.2 Å². The molecule has 0 bridgehead atoms. The monoisotopic (exact) mass is 442 g/mol. The van der Waals surface area contributed by atoms with Gasteiger partial charge in [0.05, 0.1) is 30.7 Å². The number of rotatable bonds is 7. The Labute approximate surface area is 187 Å². The summed E-state index contributed by atoms with van der Waals surface area (Å²) in [5.74, 6) is 1.16. The topological polar surface area (TPSA) is 67.9 Å². The van der Waals surface area contributed by atoms with Crippen molar-refractivity contribution in [1.82, 2.24) is 10.2 Å². The second-order valence-corrected chi connectivity index (χ2v) is 8.61. The standard InChI is InChI=1S/C24H27ClN2O4/c1-30-16-9-10-17(22(11-16)31-2)19-13-27(24(29)18-5-3-4-6-21(18)25)14-20(19)23(28)26-12-15-7-8-15/h3-6,9-11,15,19-20H,7-8,12-14H2,1-2H3,(H,26,28)/t19-,20+/m1/s1. The number of halogens is 1. The molecular formula is C24H27ClN2O4. The predicted molar refractivity (Wildman–Crippen MR) is 119 cm³/mol. The number of ether oxygens (including phenoxy) is 2. The lowest BCUT2D eigenvalue weighted by Crippen LogP contribution is -2.36. The molecule has 2 aliphatic rings. The van der Waals surface area contributed by atoms with Crippen molar-refractivity contribution in [2.75, 3.05) is 33.9 Å². The largest absolute Gasteiger partial charge is 0.497 e. The van der Waals surface area contributed by atoms with Crippen molar-refractivity contribution in [3.05, 3.63) is 58.6 Å². The lowest BCUT2D eigenvalue weighted by Gasteiger charge is -2.21. The Morgan fingerprint density at radius 1 is 1.10 bits per heavy atom. The van der Waals surface area contributed by atoms with Gasteiger partial charge < -0.3 is 19.7 Å². The van der Waals surface area contributed by atoms with Gasteiger partial charge in [0.1, 0.15) is 11.5 Å². The van der Waals surface area contributed by atoms with Gasteiger partial charge in [-0.2, -0.15) is 0 Å². The summed E-state index contributed by atoms with van der Waals surface area (Å²) in [4.78, 5) is 28.0. The fraction of sp³-hybridized carbons (Fsp3) is 0.417. The molecule has 1 N–H and O–H groups in total. The van der Waals surface area contributed by atoms with Crippen LogP contribution in [0.2, 0.25) is 5.02 Å². The van der Waals surface area contributed by atoms with Crippen LogP contribution in [0.4, 0.5) is 0 Å². The summed E-state index contributed by atoms with van der Waals surface area (Å²) >= 11 is 6.26. The minimum absolute atomic E-state index is 0.0239. The maximum absolute atomic E-state index is 13.2. The average Bonchev–Trinajstić information content (AvgIpc) is 3.52. The fourth-order valence-electron chi connectivity index (χ4n) is 4.18. The number of hydrogen-bond donors (Lipinski definition) is 1. The van der Waals surface area contributed by atoms with Crippen LogP contribution < -0.4 is 14.8 Å². The summed E-state index contributed by atoms with van der Waals surface area (Å²) in [6.07, 6.45) is 2.33. The lowest BCUT2D eigenvalue weighted by atomic mass is 9.87. The van der Waals surface area contributed by atoms with Crippen molar-refractivity contribution in [3.8, 4) is 11.5 Å². The van der Waals surface area contributed by atoms with E-state index in [1.54, 1.807) is 43.4 Å². The molecule has 1 saturated heterocycles. The van der Waals surface area contributed by atoms with Crippen LogP contribution in [0.3, 0.4) is 0 Å². The Morgan fingerprint density at radius 2 is 1.87 bits per heavy atom. The highest BCUT2D eigenvalue weighted by Crippen LogP contribution is 2.40. The zero-order valence-electron chi connectivity index (χ0n) is 17.8. The van der Waals surface area contributed by atoms with E-state index in [0.29, 0.717) is 47.6 Å². The molecule has 6 nitrogen and oxygen atoms in total. The molecule has 31 heavy (non-hydrogen) atoms. The Morgan fingerprint density at radius 3 is 2.55 bits per heavy atom. The zero-order chi connectivity index (χ0) is 22.0.